The van der Waals surface area contributed by atoms with Gasteiger partial charge in [-0.15, -0.1) is 0 Å². The minimum absolute atomic E-state index is 0.362. The Kier molecular flexibility index (Phi) is 6.11. The summed E-state index contributed by atoms with van der Waals surface area (Å²) in [4.78, 5) is 2.53. The first-order valence-corrected chi connectivity index (χ1v) is 7.40. The van der Waals surface area contributed by atoms with E-state index < -0.39 is 0 Å². The van der Waals surface area contributed by atoms with Crippen molar-refractivity contribution in [3.8, 4) is 6.07 Å². The third-order valence-electron chi connectivity index (χ3n) is 3.85. The van der Waals surface area contributed by atoms with Gasteiger partial charge in [0.05, 0.1) is 6.07 Å². The summed E-state index contributed by atoms with van der Waals surface area (Å²) in [5.74, 6) is 0.890. The van der Waals surface area contributed by atoms with Crippen molar-refractivity contribution in [2.45, 2.75) is 65.0 Å². The molecule has 1 heterocycles. The minimum Gasteiger partial charge on any atom is -0.303 e. The predicted octanol–water partition coefficient (Wildman–Crippen LogP) is 2.78. The van der Waals surface area contributed by atoms with Gasteiger partial charge in [-0.3, -0.25) is 5.32 Å². The van der Waals surface area contributed by atoms with E-state index in [4.69, 9.17) is 0 Å². The molecular weight excluding hydrogens is 222 g/mol. The van der Waals surface area contributed by atoms with Crippen LogP contribution in [-0.4, -0.2) is 36.1 Å². The largest absolute Gasteiger partial charge is 0.303 e. The van der Waals surface area contributed by atoms with E-state index in [1.807, 2.05) is 6.92 Å². The molecule has 0 saturated carbocycles. The number of hydrogen-bond acceptors (Lipinski definition) is 3. The van der Waals surface area contributed by atoms with E-state index in [1.165, 1.54) is 32.4 Å². The van der Waals surface area contributed by atoms with E-state index in [0.29, 0.717) is 6.04 Å². The first kappa shape index (κ1) is 15.5. The molecule has 1 rings (SSSR count). The van der Waals surface area contributed by atoms with E-state index in [0.717, 1.165) is 18.9 Å². The quantitative estimate of drug-likeness (QED) is 0.756. The maximum atomic E-state index is 9.31. The molecule has 0 aliphatic carbocycles. The van der Waals surface area contributed by atoms with Crippen molar-refractivity contribution in [3.05, 3.63) is 0 Å². The summed E-state index contributed by atoms with van der Waals surface area (Å²) in [6.07, 6.45) is 4.91. The number of nitriles is 1. The first-order chi connectivity index (χ1) is 8.49. The number of hydrogen-bond donors (Lipinski definition) is 1. The van der Waals surface area contributed by atoms with E-state index in [1.54, 1.807) is 0 Å². The van der Waals surface area contributed by atoms with Crippen molar-refractivity contribution in [1.29, 1.82) is 5.26 Å². The van der Waals surface area contributed by atoms with Crippen molar-refractivity contribution in [2.75, 3.05) is 19.6 Å². The van der Waals surface area contributed by atoms with E-state index in [2.05, 4.69) is 37.1 Å². The van der Waals surface area contributed by atoms with Crippen LogP contribution in [0, 0.1) is 17.2 Å². The average Bonchev–Trinajstić information content (AvgIpc) is 2.74. The lowest BCUT2D eigenvalue weighted by Gasteiger charge is -2.28. The number of nitrogens with zero attached hydrogens (tertiary/aromatic N) is 2. The second-order valence-corrected chi connectivity index (χ2v) is 6.24. The molecule has 0 amide bonds. The van der Waals surface area contributed by atoms with Gasteiger partial charge >= 0.3 is 0 Å². The Balaban J connectivity index is 2.34. The van der Waals surface area contributed by atoms with Crippen LogP contribution in [0.15, 0.2) is 0 Å². The molecule has 0 radical (unpaired) electrons. The summed E-state index contributed by atoms with van der Waals surface area (Å²) >= 11 is 0. The van der Waals surface area contributed by atoms with Gasteiger partial charge in [0.1, 0.15) is 5.54 Å². The van der Waals surface area contributed by atoms with Crippen molar-refractivity contribution < 1.29 is 0 Å². The van der Waals surface area contributed by atoms with Crippen LogP contribution in [0.25, 0.3) is 0 Å². The lowest BCUT2D eigenvalue weighted by Crippen LogP contribution is -2.47. The monoisotopic (exact) mass is 251 g/mol. The van der Waals surface area contributed by atoms with Crippen LogP contribution in [0.2, 0.25) is 0 Å². The highest BCUT2D eigenvalue weighted by atomic mass is 15.1. The SMILES string of the molecule is CCCC1CCN(CCC(C)(C#N)NC(C)C)C1. The lowest BCUT2D eigenvalue weighted by atomic mass is 9.98. The maximum absolute atomic E-state index is 9.31. The van der Waals surface area contributed by atoms with Gasteiger partial charge in [0.25, 0.3) is 0 Å². The first-order valence-electron chi connectivity index (χ1n) is 7.40. The van der Waals surface area contributed by atoms with E-state index in [9.17, 15) is 5.26 Å². The van der Waals surface area contributed by atoms with Gasteiger partial charge in [0, 0.05) is 19.1 Å². The second-order valence-electron chi connectivity index (χ2n) is 6.24. The molecule has 2 unspecified atom stereocenters. The highest BCUT2D eigenvalue weighted by Crippen LogP contribution is 2.22. The lowest BCUT2D eigenvalue weighted by molar-refractivity contribution is 0.272. The molecule has 1 aliphatic rings. The van der Waals surface area contributed by atoms with Crippen LogP contribution in [0.5, 0.6) is 0 Å². The molecule has 0 aromatic rings. The molecule has 18 heavy (non-hydrogen) atoms. The second kappa shape index (κ2) is 7.11. The normalized spacial score (nSPS) is 24.1. The Labute approximate surface area is 113 Å². The molecule has 2 atom stereocenters. The van der Waals surface area contributed by atoms with Gasteiger partial charge in [-0.2, -0.15) is 5.26 Å². The molecule has 3 heteroatoms. The summed E-state index contributed by atoms with van der Waals surface area (Å²) in [7, 11) is 0. The third-order valence-corrected chi connectivity index (χ3v) is 3.85. The molecular formula is C15H29N3. The van der Waals surface area contributed by atoms with Gasteiger partial charge in [0.15, 0.2) is 0 Å². The molecule has 3 nitrogen and oxygen atoms in total. The van der Waals surface area contributed by atoms with Crippen LogP contribution in [0.3, 0.4) is 0 Å². The average molecular weight is 251 g/mol. The van der Waals surface area contributed by atoms with Crippen molar-refractivity contribution in [1.82, 2.24) is 10.2 Å². The van der Waals surface area contributed by atoms with Gasteiger partial charge in [-0.1, -0.05) is 13.3 Å². The van der Waals surface area contributed by atoms with E-state index in [-0.39, 0.29) is 5.54 Å². The summed E-state index contributed by atoms with van der Waals surface area (Å²) in [6.45, 7) is 12.0. The summed E-state index contributed by atoms with van der Waals surface area (Å²) < 4.78 is 0. The fourth-order valence-corrected chi connectivity index (χ4v) is 2.94. The summed E-state index contributed by atoms with van der Waals surface area (Å²) in [6, 6.07) is 2.79. The van der Waals surface area contributed by atoms with Crippen LogP contribution in [0.4, 0.5) is 0 Å². The Hall–Kier alpha value is -0.590. The fraction of sp³-hybridized carbons (Fsp3) is 0.933. The van der Waals surface area contributed by atoms with Gasteiger partial charge < -0.3 is 4.90 Å². The molecule has 104 valence electrons. The molecule has 0 aromatic carbocycles. The minimum atomic E-state index is -0.378. The van der Waals surface area contributed by atoms with Crippen molar-refractivity contribution in [2.24, 2.45) is 5.92 Å². The smallest absolute Gasteiger partial charge is 0.105 e. The van der Waals surface area contributed by atoms with Crippen LogP contribution in [0.1, 0.15) is 53.4 Å². The van der Waals surface area contributed by atoms with E-state index >= 15 is 0 Å². The van der Waals surface area contributed by atoms with Crippen molar-refractivity contribution in [3.63, 3.8) is 0 Å². The van der Waals surface area contributed by atoms with Crippen LogP contribution >= 0.6 is 0 Å². The third kappa shape index (κ3) is 4.96. The maximum Gasteiger partial charge on any atom is 0.105 e. The molecule has 0 aromatic heterocycles. The molecule has 1 saturated heterocycles. The molecule has 1 aliphatic heterocycles. The molecule has 1 fully saturated rings. The molecule has 1 N–H and O–H groups in total. The predicted molar refractivity (Wildman–Crippen MR) is 76.4 cm³/mol. The zero-order chi connectivity index (χ0) is 13.6. The highest BCUT2D eigenvalue weighted by molar-refractivity contribution is 5.04. The number of nitrogens with one attached hydrogen (secondary N) is 1. The summed E-state index contributed by atoms with van der Waals surface area (Å²) in [5, 5.41) is 12.7. The molecule has 0 bridgehead atoms. The Morgan fingerprint density at radius 3 is 2.78 bits per heavy atom. The van der Waals surface area contributed by atoms with Crippen LogP contribution < -0.4 is 5.32 Å². The van der Waals surface area contributed by atoms with Crippen LogP contribution in [-0.2, 0) is 0 Å². The number of likely N-dealkylation sites (tertiary alicyclic amines) is 1. The highest BCUT2D eigenvalue weighted by Gasteiger charge is 2.27. The van der Waals surface area contributed by atoms with Gasteiger partial charge in [0.2, 0.25) is 0 Å². The fourth-order valence-electron chi connectivity index (χ4n) is 2.94. The Morgan fingerprint density at radius 2 is 2.22 bits per heavy atom. The summed E-state index contributed by atoms with van der Waals surface area (Å²) in [5.41, 5.74) is -0.378. The molecule has 0 spiro atoms. The van der Waals surface area contributed by atoms with Gasteiger partial charge in [-0.05, 0) is 52.5 Å². The zero-order valence-electron chi connectivity index (χ0n) is 12.5. The Morgan fingerprint density at radius 1 is 1.50 bits per heavy atom. The zero-order valence-corrected chi connectivity index (χ0v) is 12.5. The van der Waals surface area contributed by atoms with Gasteiger partial charge in [-0.25, -0.2) is 0 Å². The standard InChI is InChI=1S/C15H29N3/c1-5-6-14-7-9-18(11-14)10-8-15(4,12-16)17-13(2)3/h13-14,17H,5-11H2,1-4H3. The Bertz CT molecular complexity index is 282. The van der Waals surface area contributed by atoms with Crippen molar-refractivity contribution >= 4 is 0 Å². The topological polar surface area (TPSA) is 39.1 Å². The number of rotatable bonds is 7.